The number of fused-ring (bicyclic) bond motifs is 1. The van der Waals surface area contributed by atoms with Crippen LogP contribution in [0.2, 0.25) is 0 Å². The molecule has 1 aliphatic carbocycles. The highest BCUT2D eigenvalue weighted by molar-refractivity contribution is 5.02. The van der Waals surface area contributed by atoms with Crippen molar-refractivity contribution in [2.24, 2.45) is 5.92 Å². The van der Waals surface area contributed by atoms with Gasteiger partial charge < -0.3 is 14.9 Å². The highest BCUT2D eigenvalue weighted by atomic mass is 16.6. The van der Waals surface area contributed by atoms with E-state index in [1.165, 1.54) is 0 Å². The van der Waals surface area contributed by atoms with Crippen molar-refractivity contribution in [2.75, 3.05) is 0 Å². The molecule has 2 N–H and O–H groups in total. The summed E-state index contributed by atoms with van der Waals surface area (Å²) in [6.07, 6.45) is -0.163. The molecule has 1 saturated heterocycles. The van der Waals surface area contributed by atoms with Gasteiger partial charge in [-0.2, -0.15) is 0 Å². The molecule has 1 heterocycles. The Morgan fingerprint density at radius 3 is 2.70 bits per heavy atom. The lowest BCUT2D eigenvalue weighted by atomic mass is 9.86. The van der Waals surface area contributed by atoms with Gasteiger partial charge in [-0.15, -0.1) is 0 Å². The van der Waals surface area contributed by atoms with Crippen LogP contribution in [0.4, 0.5) is 0 Å². The van der Waals surface area contributed by atoms with Gasteiger partial charge >= 0.3 is 0 Å². The third-order valence-corrected chi connectivity index (χ3v) is 2.47. The molecule has 1 aliphatic heterocycles. The molecule has 3 heteroatoms. The molecule has 2 fully saturated rings. The van der Waals surface area contributed by atoms with Crippen LogP contribution in [0.15, 0.2) is 0 Å². The smallest absolute Gasteiger partial charge is 0.113 e. The Balaban J connectivity index is 2.05. The van der Waals surface area contributed by atoms with Gasteiger partial charge in [-0.3, -0.25) is 0 Å². The third-order valence-electron chi connectivity index (χ3n) is 2.47. The fourth-order valence-electron chi connectivity index (χ4n) is 1.70. The summed E-state index contributed by atoms with van der Waals surface area (Å²) in [6.45, 7) is 1.94. The number of aliphatic hydroxyl groups excluding tert-OH is 2. The molecule has 2 rings (SSSR count). The molecule has 0 radical (unpaired) electrons. The summed E-state index contributed by atoms with van der Waals surface area (Å²) in [5.74, 6) is 0.179. The van der Waals surface area contributed by atoms with E-state index >= 15 is 0 Å². The second kappa shape index (κ2) is 1.94. The van der Waals surface area contributed by atoms with E-state index in [2.05, 4.69) is 0 Å². The Kier molecular flexibility index (Phi) is 1.27. The zero-order valence-corrected chi connectivity index (χ0v) is 5.90. The third kappa shape index (κ3) is 0.779. The van der Waals surface area contributed by atoms with Crippen molar-refractivity contribution in [3.8, 4) is 0 Å². The van der Waals surface area contributed by atoms with E-state index < -0.39 is 0 Å². The van der Waals surface area contributed by atoms with Crippen LogP contribution in [-0.2, 0) is 4.74 Å². The first-order valence-electron chi connectivity index (χ1n) is 3.71. The molecule has 0 amide bonds. The van der Waals surface area contributed by atoms with E-state index in [1.54, 1.807) is 0 Å². The molecule has 58 valence electrons. The molecule has 3 nitrogen and oxygen atoms in total. The van der Waals surface area contributed by atoms with E-state index in [1.807, 2.05) is 6.92 Å². The lowest BCUT2D eigenvalue weighted by Gasteiger charge is -2.23. The van der Waals surface area contributed by atoms with Gasteiger partial charge in [0.15, 0.2) is 0 Å². The molecule has 0 aromatic carbocycles. The lowest BCUT2D eigenvalue weighted by Crippen LogP contribution is -2.37. The maximum atomic E-state index is 9.37. The summed E-state index contributed by atoms with van der Waals surface area (Å²) < 4.78 is 5.07. The minimum Gasteiger partial charge on any atom is -0.390 e. The van der Waals surface area contributed by atoms with Gasteiger partial charge in [0.05, 0.1) is 12.2 Å². The average Bonchev–Trinajstić information content (AvgIpc) is 2.61. The number of aliphatic hydroxyl groups is 2. The SMILES string of the molecule is C[C@H]1C[C@@H](O)[C@@H]2O[C@@H]2[C@H]1O. The van der Waals surface area contributed by atoms with Crippen LogP contribution in [0.5, 0.6) is 0 Å². The minimum absolute atomic E-state index is 0.0637. The second-order valence-corrected chi connectivity index (χ2v) is 3.34. The Bertz CT molecular complexity index is 146. The van der Waals surface area contributed by atoms with E-state index in [0.29, 0.717) is 6.42 Å². The van der Waals surface area contributed by atoms with Gasteiger partial charge in [-0.1, -0.05) is 6.92 Å². The van der Waals surface area contributed by atoms with Crippen LogP contribution >= 0.6 is 0 Å². The van der Waals surface area contributed by atoms with Gasteiger partial charge in [0.1, 0.15) is 12.2 Å². The number of epoxide rings is 1. The van der Waals surface area contributed by atoms with Crippen LogP contribution in [0.25, 0.3) is 0 Å². The normalized spacial score (nSPS) is 59.7. The molecule has 1 saturated carbocycles. The molecule has 0 bridgehead atoms. The molecule has 5 atom stereocenters. The monoisotopic (exact) mass is 144 g/mol. The van der Waals surface area contributed by atoms with Gasteiger partial charge in [0.2, 0.25) is 0 Å². The predicted molar refractivity (Wildman–Crippen MR) is 34.5 cm³/mol. The predicted octanol–water partition coefficient (Wildman–Crippen LogP) is -0.485. The number of rotatable bonds is 0. The Morgan fingerprint density at radius 2 is 2.00 bits per heavy atom. The fraction of sp³-hybridized carbons (Fsp3) is 1.00. The maximum Gasteiger partial charge on any atom is 0.113 e. The van der Waals surface area contributed by atoms with Crippen molar-refractivity contribution in [1.29, 1.82) is 0 Å². The van der Waals surface area contributed by atoms with E-state index in [-0.39, 0.29) is 30.3 Å². The molecule has 0 unspecified atom stereocenters. The Labute approximate surface area is 59.6 Å². The summed E-state index contributed by atoms with van der Waals surface area (Å²) in [7, 11) is 0. The van der Waals surface area contributed by atoms with Crippen molar-refractivity contribution in [2.45, 2.75) is 37.8 Å². The first-order chi connectivity index (χ1) is 4.70. The summed E-state index contributed by atoms with van der Waals surface area (Å²) in [4.78, 5) is 0. The van der Waals surface area contributed by atoms with E-state index in [4.69, 9.17) is 4.74 Å². The first-order valence-corrected chi connectivity index (χ1v) is 3.71. The zero-order chi connectivity index (χ0) is 7.30. The molecule has 0 aromatic heterocycles. The van der Waals surface area contributed by atoms with Crippen molar-refractivity contribution in [1.82, 2.24) is 0 Å². The molecule has 0 spiro atoms. The molecule has 10 heavy (non-hydrogen) atoms. The first kappa shape index (κ1) is 6.58. The Morgan fingerprint density at radius 1 is 1.30 bits per heavy atom. The summed E-state index contributed by atoms with van der Waals surface area (Å²) >= 11 is 0. The van der Waals surface area contributed by atoms with Gasteiger partial charge in [-0.25, -0.2) is 0 Å². The van der Waals surface area contributed by atoms with E-state index in [9.17, 15) is 10.2 Å². The Hall–Kier alpha value is -0.120. The standard InChI is InChI=1S/C7H12O3/c1-3-2-4(8)6-7(10-6)5(3)9/h3-9H,2H2,1H3/t3-,4+,5-,6-,7+/m0/s1. The molecular weight excluding hydrogens is 132 g/mol. The van der Waals surface area contributed by atoms with Crippen LogP contribution < -0.4 is 0 Å². The highest BCUT2D eigenvalue weighted by Crippen LogP contribution is 2.39. The number of hydrogen-bond acceptors (Lipinski definition) is 3. The average molecular weight is 144 g/mol. The van der Waals surface area contributed by atoms with Crippen LogP contribution in [0.1, 0.15) is 13.3 Å². The van der Waals surface area contributed by atoms with E-state index in [0.717, 1.165) is 0 Å². The highest BCUT2D eigenvalue weighted by Gasteiger charge is 2.54. The second-order valence-electron chi connectivity index (χ2n) is 3.34. The van der Waals surface area contributed by atoms with Gasteiger partial charge in [-0.05, 0) is 12.3 Å². The van der Waals surface area contributed by atoms with Crippen molar-refractivity contribution in [3.63, 3.8) is 0 Å². The van der Waals surface area contributed by atoms with Gasteiger partial charge in [0.25, 0.3) is 0 Å². The van der Waals surface area contributed by atoms with Gasteiger partial charge in [0, 0.05) is 0 Å². The van der Waals surface area contributed by atoms with Crippen molar-refractivity contribution >= 4 is 0 Å². The molecule has 2 aliphatic rings. The van der Waals surface area contributed by atoms with Crippen molar-refractivity contribution < 1.29 is 14.9 Å². The van der Waals surface area contributed by atoms with Crippen LogP contribution in [0.3, 0.4) is 0 Å². The topological polar surface area (TPSA) is 53.0 Å². The fourth-order valence-corrected chi connectivity index (χ4v) is 1.70. The molecule has 0 aromatic rings. The lowest BCUT2D eigenvalue weighted by molar-refractivity contribution is 0.0378. The zero-order valence-electron chi connectivity index (χ0n) is 5.90. The largest absolute Gasteiger partial charge is 0.390 e. The number of hydrogen-bond donors (Lipinski definition) is 2. The summed E-state index contributed by atoms with van der Waals surface area (Å²) in [5.41, 5.74) is 0. The van der Waals surface area contributed by atoms with Crippen molar-refractivity contribution in [3.05, 3.63) is 0 Å². The quantitative estimate of drug-likeness (QED) is 0.451. The summed E-state index contributed by atoms with van der Waals surface area (Å²) in [5, 5.41) is 18.6. The number of ether oxygens (including phenoxy) is 1. The summed E-state index contributed by atoms with van der Waals surface area (Å²) in [6, 6.07) is 0. The van der Waals surface area contributed by atoms with Crippen LogP contribution in [0, 0.1) is 5.92 Å². The van der Waals surface area contributed by atoms with Crippen LogP contribution in [-0.4, -0.2) is 34.6 Å². The maximum absolute atomic E-state index is 9.37. The minimum atomic E-state index is -0.353. The molecular formula is C7H12O3.